The van der Waals surface area contributed by atoms with Crippen LogP contribution in [0.25, 0.3) is 0 Å². The zero-order valence-corrected chi connectivity index (χ0v) is 18.9. The largest absolute Gasteiger partial charge is 0.420 e. The van der Waals surface area contributed by atoms with Crippen molar-refractivity contribution in [1.82, 2.24) is 14.8 Å². The van der Waals surface area contributed by atoms with E-state index in [2.05, 4.69) is 15.4 Å². The van der Waals surface area contributed by atoms with Gasteiger partial charge in [0.05, 0.1) is 11.3 Å². The van der Waals surface area contributed by atoms with Crippen LogP contribution in [0.2, 0.25) is 0 Å². The number of methoxy groups -OCH3 is 1. The van der Waals surface area contributed by atoms with Gasteiger partial charge in [-0.05, 0) is 49.7 Å². The molecule has 8 nitrogen and oxygen atoms in total. The molecule has 0 unspecified atom stereocenters. The molecule has 0 spiro atoms. The van der Waals surface area contributed by atoms with E-state index in [1.54, 1.807) is 7.11 Å². The summed E-state index contributed by atoms with van der Waals surface area (Å²) >= 11 is 0. The van der Waals surface area contributed by atoms with Crippen LogP contribution in [-0.2, 0) is 27.3 Å². The third kappa shape index (κ3) is 3.82. The number of ether oxygens (including phenoxy) is 1. The Morgan fingerprint density at radius 2 is 1.97 bits per heavy atom. The lowest BCUT2D eigenvalue weighted by Gasteiger charge is -2.69. The van der Waals surface area contributed by atoms with Crippen LogP contribution >= 0.6 is 0 Å². The van der Waals surface area contributed by atoms with Gasteiger partial charge in [0, 0.05) is 37.7 Å². The lowest BCUT2D eigenvalue weighted by Crippen LogP contribution is -2.69. The summed E-state index contributed by atoms with van der Waals surface area (Å²) in [7, 11) is -2.03. The number of amides is 1. The number of nitrogens with zero attached hydrogens (tertiary/aromatic N) is 3. The molecule has 4 saturated carbocycles. The molecule has 6 rings (SSSR count). The van der Waals surface area contributed by atoms with Crippen molar-refractivity contribution in [3.05, 3.63) is 35.3 Å². The van der Waals surface area contributed by atoms with Crippen LogP contribution in [0.5, 0.6) is 0 Å². The maximum atomic E-state index is 14.1. The summed E-state index contributed by atoms with van der Waals surface area (Å²) in [5.41, 5.74) is -2.02. The summed E-state index contributed by atoms with van der Waals surface area (Å²) in [6, 6.07) is 2.44. The molecule has 2 aromatic heterocycles. The van der Waals surface area contributed by atoms with Crippen LogP contribution in [-0.4, -0.2) is 48.1 Å². The molecule has 0 atom stereocenters. The van der Waals surface area contributed by atoms with E-state index in [-0.39, 0.29) is 39.9 Å². The number of rotatable bonds is 7. The van der Waals surface area contributed by atoms with Gasteiger partial charge in [-0.1, -0.05) is 0 Å². The van der Waals surface area contributed by atoms with Gasteiger partial charge < -0.3 is 10.1 Å². The van der Waals surface area contributed by atoms with Gasteiger partial charge >= 0.3 is 6.18 Å². The van der Waals surface area contributed by atoms with Crippen molar-refractivity contribution >= 4 is 21.4 Å². The molecular formula is C21H23F3N4O4S. The number of carbonyl (C=O) groups excluding carboxylic acids is 1. The first-order valence-electron chi connectivity index (χ1n) is 10.6. The monoisotopic (exact) mass is 484 g/mol. The first-order valence-corrected chi connectivity index (χ1v) is 12.4. The molecule has 2 heterocycles. The van der Waals surface area contributed by atoms with Gasteiger partial charge in [0.2, 0.25) is 0 Å². The van der Waals surface area contributed by atoms with Crippen molar-refractivity contribution in [3.63, 3.8) is 0 Å². The molecular weight excluding hydrogens is 461 g/mol. The second-order valence-corrected chi connectivity index (χ2v) is 11.5. The Kier molecular flexibility index (Phi) is 4.75. The standard InChI is InChI=1S/C21H23F3N4O4S/c1-32-20-8-19(9-20,10-20)11-28-17(15(21(22,23)24)16(27-28)12-3-4-12)18(29)26-13-5-6-25-14(7-13)33(2,30)31/h5-7,12H,3-4,8-11H2,1-2H3,(H,25,26,29). The van der Waals surface area contributed by atoms with Crippen LogP contribution in [0.1, 0.15) is 59.8 Å². The fourth-order valence-electron chi connectivity index (χ4n) is 5.22. The molecule has 33 heavy (non-hydrogen) atoms. The zero-order valence-electron chi connectivity index (χ0n) is 18.1. The summed E-state index contributed by atoms with van der Waals surface area (Å²) in [5.74, 6) is -1.30. The maximum absolute atomic E-state index is 14.1. The van der Waals surface area contributed by atoms with Crippen LogP contribution in [0.15, 0.2) is 23.4 Å². The van der Waals surface area contributed by atoms with E-state index in [1.165, 1.54) is 16.9 Å². The average molecular weight is 485 g/mol. The molecule has 4 aliphatic rings. The number of nitrogens with one attached hydrogen (secondary N) is 1. The molecule has 178 valence electrons. The van der Waals surface area contributed by atoms with E-state index in [1.807, 2.05) is 0 Å². The first kappa shape index (κ1) is 22.3. The van der Waals surface area contributed by atoms with Gasteiger partial charge in [0.25, 0.3) is 5.91 Å². The highest BCUT2D eigenvalue weighted by atomic mass is 32.2. The lowest BCUT2D eigenvalue weighted by atomic mass is 9.41. The minimum absolute atomic E-state index is 0.0353. The number of sulfone groups is 1. The Morgan fingerprint density at radius 1 is 1.30 bits per heavy atom. The fourth-order valence-corrected chi connectivity index (χ4v) is 5.82. The van der Waals surface area contributed by atoms with Gasteiger partial charge in [0.15, 0.2) is 14.9 Å². The molecule has 0 aromatic carbocycles. The van der Waals surface area contributed by atoms with Crippen molar-refractivity contribution in [2.24, 2.45) is 5.41 Å². The van der Waals surface area contributed by atoms with Crippen LogP contribution in [0, 0.1) is 5.41 Å². The predicted octanol–water partition coefficient (Wildman–Crippen LogP) is 3.40. The number of halogens is 3. The number of hydrogen-bond acceptors (Lipinski definition) is 6. The Morgan fingerprint density at radius 3 is 2.52 bits per heavy atom. The van der Waals surface area contributed by atoms with Gasteiger partial charge in [-0.3, -0.25) is 9.48 Å². The molecule has 0 radical (unpaired) electrons. The number of hydrogen-bond donors (Lipinski definition) is 1. The van der Waals surface area contributed by atoms with E-state index < -0.39 is 33.2 Å². The highest BCUT2D eigenvalue weighted by Gasteiger charge is 2.68. The van der Waals surface area contributed by atoms with E-state index in [0.717, 1.165) is 31.6 Å². The summed E-state index contributed by atoms with van der Waals surface area (Å²) in [6.45, 7) is 0.196. The van der Waals surface area contributed by atoms with Gasteiger partial charge in [0.1, 0.15) is 11.3 Å². The average Bonchev–Trinajstić information content (AvgIpc) is 3.42. The maximum Gasteiger partial charge on any atom is 0.420 e. The second kappa shape index (κ2) is 7.02. The van der Waals surface area contributed by atoms with Crippen molar-refractivity contribution in [2.45, 2.75) is 61.4 Å². The summed E-state index contributed by atoms with van der Waals surface area (Å²) < 4.78 is 72.6. The van der Waals surface area contributed by atoms with Crippen LogP contribution in [0.3, 0.4) is 0 Å². The van der Waals surface area contributed by atoms with Crippen LogP contribution < -0.4 is 5.32 Å². The lowest BCUT2D eigenvalue weighted by molar-refractivity contribution is -0.280. The molecule has 2 bridgehead atoms. The number of pyridine rings is 1. The Bertz CT molecular complexity index is 1230. The summed E-state index contributed by atoms with van der Waals surface area (Å²) in [4.78, 5) is 16.9. The van der Waals surface area contributed by atoms with Crippen molar-refractivity contribution < 1.29 is 31.1 Å². The topological polar surface area (TPSA) is 103 Å². The van der Waals surface area contributed by atoms with Gasteiger partial charge in [-0.15, -0.1) is 0 Å². The molecule has 0 aliphatic heterocycles. The quantitative estimate of drug-likeness (QED) is 0.646. The number of aromatic nitrogens is 3. The fraction of sp³-hybridized carbons (Fsp3) is 0.571. The molecule has 1 N–H and O–H groups in total. The van der Waals surface area contributed by atoms with E-state index in [0.29, 0.717) is 12.8 Å². The second-order valence-electron chi connectivity index (χ2n) is 9.57. The molecule has 2 aromatic rings. The van der Waals surface area contributed by atoms with E-state index in [4.69, 9.17) is 4.74 Å². The molecule has 12 heteroatoms. The van der Waals surface area contributed by atoms with E-state index >= 15 is 0 Å². The molecule has 4 aliphatic carbocycles. The van der Waals surface area contributed by atoms with Crippen molar-refractivity contribution in [2.75, 3.05) is 18.7 Å². The minimum Gasteiger partial charge on any atom is -0.378 e. The Hall–Kier alpha value is -2.47. The Balaban J connectivity index is 1.52. The molecule has 0 saturated heterocycles. The normalized spacial score (nSPS) is 26.5. The van der Waals surface area contributed by atoms with Crippen molar-refractivity contribution in [3.8, 4) is 0 Å². The van der Waals surface area contributed by atoms with E-state index in [9.17, 15) is 26.4 Å². The minimum atomic E-state index is -4.76. The number of carbonyl (C=O) groups is 1. The van der Waals surface area contributed by atoms with Gasteiger partial charge in [-0.2, -0.15) is 18.3 Å². The third-order valence-electron chi connectivity index (χ3n) is 6.82. The third-order valence-corrected chi connectivity index (χ3v) is 7.81. The highest BCUT2D eigenvalue weighted by Crippen LogP contribution is 2.69. The first-order chi connectivity index (χ1) is 15.3. The number of anilines is 1. The van der Waals surface area contributed by atoms with Gasteiger partial charge in [-0.25, -0.2) is 13.4 Å². The predicted molar refractivity (Wildman–Crippen MR) is 111 cm³/mol. The van der Waals surface area contributed by atoms with Crippen molar-refractivity contribution in [1.29, 1.82) is 0 Å². The highest BCUT2D eigenvalue weighted by molar-refractivity contribution is 7.90. The smallest absolute Gasteiger partial charge is 0.378 e. The van der Waals surface area contributed by atoms with Crippen LogP contribution in [0.4, 0.5) is 18.9 Å². The zero-order chi connectivity index (χ0) is 23.8. The SMILES string of the molecule is COC12CC(Cn3nc(C4CC4)c(C(F)(F)F)c3C(=O)Nc3ccnc(S(C)(=O)=O)c3)(C1)C2. The Labute approximate surface area is 188 Å². The summed E-state index contributed by atoms with van der Waals surface area (Å²) in [5, 5.41) is 6.42. The molecule has 4 fully saturated rings. The number of alkyl halides is 3. The summed E-state index contributed by atoms with van der Waals surface area (Å²) in [6.07, 6.45) is 0.735. The molecule has 1 amide bonds.